The average molecular weight is 402 g/mol. The van der Waals surface area contributed by atoms with Crippen LogP contribution >= 0.6 is 11.3 Å². The van der Waals surface area contributed by atoms with Gasteiger partial charge in [-0.3, -0.25) is 20.2 Å². The Morgan fingerprint density at radius 1 is 1.25 bits per heavy atom. The molecule has 3 rings (SSSR count). The molecule has 0 aliphatic carbocycles. The standard InChI is InChI=1S/C17H14N4O6S/c1-25-10-3-6-12(13(9-10)26-2)16-19-20-17(27-16)18-14(22)7-4-11-5-8-15(28-11)21(23)24/h3-9H,1-2H3,(H,18,20,22). The maximum absolute atomic E-state index is 12.0. The number of hydrogen-bond donors (Lipinski definition) is 1. The van der Waals surface area contributed by atoms with E-state index in [2.05, 4.69) is 15.5 Å². The van der Waals surface area contributed by atoms with Crippen LogP contribution in [-0.4, -0.2) is 35.2 Å². The smallest absolute Gasteiger partial charge is 0.324 e. The fourth-order valence-corrected chi connectivity index (χ4v) is 2.92. The van der Waals surface area contributed by atoms with Gasteiger partial charge in [0.15, 0.2) is 0 Å². The van der Waals surface area contributed by atoms with Gasteiger partial charge in [-0.1, -0.05) is 16.4 Å². The third-order valence-corrected chi connectivity index (χ3v) is 4.49. The van der Waals surface area contributed by atoms with Crippen molar-refractivity contribution < 1.29 is 23.6 Å². The fourth-order valence-electron chi connectivity index (χ4n) is 2.19. The Bertz CT molecular complexity index is 1040. The second kappa shape index (κ2) is 8.31. The summed E-state index contributed by atoms with van der Waals surface area (Å²) in [4.78, 5) is 22.7. The third-order valence-electron chi connectivity index (χ3n) is 3.49. The summed E-state index contributed by atoms with van der Waals surface area (Å²) >= 11 is 0.956. The zero-order valence-corrected chi connectivity index (χ0v) is 15.6. The predicted octanol–water partition coefficient (Wildman–Crippen LogP) is 3.38. The predicted molar refractivity (Wildman–Crippen MR) is 101 cm³/mol. The highest BCUT2D eigenvalue weighted by Gasteiger charge is 2.15. The number of aromatic nitrogens is 2. The van der Waals surface area contributed by atoms with E-state index in [0.29, 0.717) is 21.9 Å². The van der Waals surface area contributed by atoms with E-state index in [0.717, 1.165) is 11.3 Å². The molecular weight excluding hydrogens is 388 g/mol. The highest BCUT2D eigenvalue weighted by molar-refractivity contribution is 7.16. The van der Waals surface area contributed by atoms with E-state index in [-0.39, 0.29) is 16.9 Å². The molecule has 10 nitrogen and oxygen atoms in total. The van der Waals surface area contributed by atoms with Crippen LogP contribution in [0.4, 0.5) is 11.0 Å². The SMILES string of the molecule is COc1ccc(-c2nnc(NC(=O)C=Cc3ccc([N+](=O)[O-])s3)o2)c(OC)c1. The highest BCUT2D eigenvalue weighted by Crippen LogP contribution is 2.33. The van der Waals surface area contributed by atoms with Gasteiger partial charge in [-0.25, -0.2) is 0 Å². The number of benzene rings is 1. The zero-order chi connectivity index (χ0) is 20.1. The van der Waals surface area contributed by atoms with Crippen LogP contribution in [0.1, 0.15) is 4.88 Å². The first-order valence-corrected chi connectivity index (χ1v) is 8.61. The van der Waals surface area contributed by atoms with Crippen LogP contribution < -0.4 is 14.8 Å². The summed E-state index contributed by atoms with van der Waals surface area (Å²) in [6.07, 6.45) is 2.67. The van der Waals surface area contributed by atoms with Crippen molar-refractivity contribution in [2.24, 2.45) is 0 Å². The van der Waals surface area contributed by atoms with Crippen molar-refractivity contribution in [3.8, 4) is 23.0 Å². The van der Waals surface area contributed by atoms with Gasteiger partial charge in [-0.15, -0.1) is 5.10 Å². The van der Waals surface area contributed by atoms with Gasteiger partial charge in [0.2, 0.25) is 0 Å². The lowest BCUT2D eigenvalue weighted by molar-refractivity contribution is -0.380. The van der Waals surface area contributed by atoms with Gasteiger partial charge in [-0.05, 0) is 24.3 Å². The number of ether oxygens (including phenoxy) is 2. The van der Waals surface area contributed by atoms with E-state index in [4.69, 9.17) is 13.9 Å². The van der Waals surface area contributed by atoms with Crippen LogP contribution in [0.3, 0.4) is 0 Å². The summed E-state index contributed by atoms with van der Waals surface area (Å²) in [5.74, 6) is 0.716. The summed E-state index contributed by atoms with van der Waals surface area (Å²) in [5, 5.41) is 20.8. The molecule has 0 fully saturated rings. The number of thiophene rings is 1. The third kappa shape index (κ3) is 4.32. The molecule has 0 spiro atoms. The van der Waals surface area contributed by atoms with Gasteiger partial charge in [0.05, 0.1) is 24.7 Å². The molecule has 144 valence electrons. The van der Waals surface area contributed by atoms with E-state index in [1.54, 1.807) is 24.3 Å². The molecular formula is C17H14N4O6S. The van der Waals surface area contributed by atoms with Crippen molar-refractivity contribution in [3.63, 3.8) is 0 Å². The number of anilines is 1. The lowest BCUT2D eigenvalue weighted by Gasteiger charge is -2.07. The minimum Gasteiger partial charge on any atom is -0.497 e. The molecule has 0 bridgehead atoms. The first kappa shape index (κ1) is 19.0. The van der Waals surface area contributed by atoms with Crippen molar-refractivity contribution in [1.82, 2.24) is 10.2 Å². The minimum absolute atomic E-state index is 0.00459. The zero-order valence-electron chi connectivity index (χ0n) is 14.7. The Morgan fingerprint density at radius 2 is 2.07 bits per heavy atom. The van der Waals surface area contributed by atoms with Gasteiger partial charge in [0.25, 0.3) is 11.8 Å². The summed E-state index contributed by atoms with van der Waals surface area (Å²) in [6, 6.07) is 7.90. The number of rotatable bonds is 7. The second-order valence-corrected chi connectivity index (χ2v) is 6.33. The molecule has 2 heterocycles. The fraction of sp³-hybridized carbons (Fsp3) is 0.118. The molecule has 11 heteroatoms. The van der Waals surface area contributed by atoms with E-state index in [1.165, 1.54) is 32.4 Å². The largest absolute Gasteiger partial charge is 0.497 e. The lowest BCUT2D eigenvalue weighted by atomic mass is 10.2. The summed E-state index contributed by atoms with van der Waals surface area (Å²) in [6.45, 7) is 0. The van der Waals surface area contributed by atoms with Crippen LogP contribution in [0.5, 0.6) is 11.5 Å². The second-order valence-electron chi connectivity index (χ2n) is 5.23. The van der Waals surface area contributed by atoms with Crippen LogP contribution in [0.15, 0.2) is 40.8 Å². The van der Waals surface area contributed by atoms with Gasteiger partial charge in [0.1, 0.15) is 11.5 Å². The Labute approximate surface area is 162 Å². The molecule has 0 atom stereocenters. The van der Waals surface area contributed by atoms with Crippen LogP contribution in [0.2, 0.25) is 0 Å². The van der Waals surface area contributed by atoms with E-state index >= 15 is 0 Å². The number of nitrogens with zero attached hydrogens (tertiary/aromatic N) is 3. The first-order chi connectivity index (χ1) is 13.5. The van der Waals surface area contributed by atoms with Crippen molar-refractivity contribution in [3.05, 3.63) is 51.4 Å². The van der Waals surface area contributed by atoms with E-state index < -0.39 is 10.8 Å². The number of carbonyl (C=O) groups excluding carboxylic acids is 1. The molecule has 1 aromatic carbocycles. The monoisotopic (exact) mass is 402 g/mol. The number of amides is 1. The van der Waals surface area contributed by atoms with Crippen molar-refractivity contribution in [1.29, 1.82) is 0 Å². The van der Waals surface area contributed by atoms with Crippen LogP contribution in [0.25, 0.3) is 17.5 Å². The van der Waals surface area contributed by atoms with Crippen molar-refractivity contribution >= 4 is 34.3 Å². The topological polar surface area (TPSA) is 130 Å². The molecule has 0 unspecified atom stereocenters. The van der Waals surface area contributed by atoms with Gasteiger partial charge in [0, 0.05) is 23.1 Å². The molecule has 0 aliphatic heterocycles. The normalized spacial score (nSPS) is 10.8. The Hall–Kier alpha value is -3.73. The van der Waals surface area contributed by atoms with Gasteiger partial charge in [-0.2, -0.15) is 0 Å². The molecule has 0 aliphatic rings. The first-order valence-electron chi connectivity index (χ1n) is 7.79. The Kier molecular flexibility index (Phi) is 5.65. The molecule has 2 aromatic heterocycles. The summed E-state index contributed by atoms with van der Waals surface area (Å²) in [5.41, 5.74) is 0.540. The number of hydrogen-bond acceptors (Lipinski definition) is 9. The van der Waals surface area contributed by atoms with Gasteiger partial charge >= 0.3 is 11.0 Å². The van der Waals surface area contributed by atoms with E-state index in [9.17, 15) is 14.9 Å². The minimum atomic E-state index is -0.520. The number of nitro groups is 1. The molecule has 28 heavy (non-hydrogen) atoms. The number of nitrogens with one attached hydrogen (secondary N) is 1. The number of carbonyl (C=O) groups is 1. The highest BCUT2D eigenvalue weighted by atomic mass is 32.1. The average Bonchev–Trinajstić information content (AvgIpc) is 3.35. The maximum Gasteiger partial charge on any atom is 0.324 e. The number of methoxy groups -OCH3 is 2. The molecule has 0 saturated heterocycles. The molecule has 1 amide bonds. The quantitative estimate of drug-likeness (QED) is 0.362. The summed E-state index contributed by atoms with van der Waals surface area (Å²) in [7, 11) is 3.04. The molecule has 1 N–H and O–H groups in total. The van der Waals surface area contributed by atoms with Crippen molar-refractivity contribution in [2.75, 3.05) is 19.5 Å². The van der Waals surface area contributed by atoms with Gasteiger partial charge < -0.3 is 13.9 Å². The van der Waals surface area contributed by atoms with Crippen LogP contribution in [0, 0.1) is 10.1 Å². The van der Waals surface area contributed by atoms with Crippen molar-refractivity contribution in [2.45, 2.75) is 0 Å². The van der Waals surface area contributed by atoms with Crippen LogP contribution in [-0.2, 0) is 4.79 Å². The Morgan fingerprint density at radius 3 is 2.75 bits per heavy atom. The lowest BCUT2D eigenvalue weighted by Crippen LogP contribution is -2.07. The maximum atomic E-state index is 12.0. The van der Waals surface area contributed by atoms with E-state index in [1.807, 2.05) is 0 Å². The Balaban J connectivity index is 1.69. The molecule has 0 saturated carbocycles. The summed E-state index contributed by atoms with van der Waals surface area (Å²) < 4.78 is 15.9. The molecule has 3 aromatic rings. The molecule has 0 radical (unpaired) electrons.